The Morgan fingerprint density at radius 1 is 1.10 bits per heavy atom. The average molecular weight is 307 g/mol. The van der Waals surface area contributed by atoms with E-state index in [1.165, 1.54) is 30.6 Å². The number of thiophene rings is 1. The molecule has 1 unspecified atom stereocenters. The zero-order valence-corrected chi connectivity index (χ0v) is 13.4. The Balaban J connectivity index is 1.79. The van der Waals surface area contributed by atoms with Crippen molar-refractivity contribution in [2.24, 2.45) is 0 Å². The molecule has 0 radical (unpaired) electrons. The molecule has 2 fully saturated rings. The van der Waals surface area contributed by atoms with E-state index >= 15 is 0 Å². The number of likely N-dealkylation sites (tertiary alicyclic amines) is 1. The van der Waals surface area contributed by atoms with E-state index in [-0.39, 0.29) is 6.04 Å². The number of rotatable bonds is 3. The highest BCUT2D eigenvalue weighted by atomic mass is 32.1. The number of hydrogen-bond donors (Lipinski definition) is 1. The number of carbonyl (C=O) groups is 1. The summed E-state index contributed by atoms with van der Waals surface area (Å²) in [6.07, 6.45) is 5.04. The molecule has 0 aromatic carbocycles. The van der Waals surface area contributed by atoms with Gasteiger partial charge in [0.2, 0.25) is 5.91 Å². The molecule has 0 spiro atoms. The van der Waals surface area contributed by atoms with E-state index in [1.54, 1.807) is 11.3 Å². The molecule has 3 rings (SSSR count). The van der Waals surface area contributed by atoms with Crippen molar-refractivity contribution in [3.05, 3.63) is 22.4 Å². The molecule has 21 heavy (non-hydrogen) atoms. The first kappa shape index (κ1) is 15.0. The summed E-state index contributed by atoms with van der Waals surface area (Å²) in [5, 5.41) is 5.42. The van der Waals surface area contributed by atoms with Crippen molar-refractivity contribution in [3.8, 4) is 0 Å². The highest BCUT2D eigenvalue weighted by Crippen LogP contribution is 2.29. The largest absolute Gasteiger partial charge is 0.338 e. The van der Waals surface area contributed by atoms with Crippen LogP contribution in [0.5, 0.6) is 0 Å². The van der Waals surface area contributed by atoms with Gasteiger partial charge in [-0.2, -0.15) is 0 Å². The third-order valence-corrected chi connectivity index (χ3v) is 5.41. The topological polar surface area (TPSA) is 35.6 Å². The van der Waals surface area contributed by atoms with E-state index in [9.17, 15) is 4.79 Å². The molecule has 2 aliphatic rings. The van der Waals surface area contributed by atoms with Gasteiger partial charge in [0, 0.05) is 31.1 Å². The molecule has 2 saturated heterocycles. The van der Waals surface area contributed by atoms with Crippen molar-refractivity contribution in [2.75, 3.05) is 39.3 Å². The monoisotopic (exact) mass is 307 g/mol. The van der Waals surface area contributed by atoms with Gasteiger partial charge in [0.25, 0.3) is 0 Å². The van der Waals surface area contributed by atoms with Crippen molar-refractivity contribution in [3.63, 3.8) is 0 Å². The third-order valence-electron chi connectivity index (χ3n) is 4.48. The Kier molecular flexibility index (Phi) is 5.27. The number of hydrogen-bond acceptors (Lipinski definition) is 4. The molecule has 0 bridgehead atoms. The summed E-state index contributed by atoms with van der Waals surface area (Å²) in [5.74, 6) is 0.306. The molecule has 1 atom stereocenters. The molecule has 2 aliphatic heterocycles. The zero-order chi connectivity index (χ0) is 14.5. The minimum absolute atomic E-state index is 0.0544. The van der Waals surface area contributed by atoms with Gasteiger partial charge in [-0.05, 0) is 37.4 Å². The van der Waals surface area contributed by atoms with Gasteiger partial charge in [-0.1, -0.05) is 18.9 Å². The molecular weight excluding hydrogens is 282 g/mol. The third kappa shape index (κ3) is 3.65. The predicted molar refractivity (Wildman–Crippen MR) is 86.6 cm³/mol. The fourth-order valence-electron chi connectivity index (χ4n) is 3.32. The van der Waals surface area contributed by atoms with Crippen molar-refractivity contribution < 1.29 is 4.79 Å². The van der Waals surface area contributed by atoms with Gasteiger partial charge in [-0.15, -0.1) is 11.3 Å². The Hall–Kier alpha value is -0.910. The first-order valence-corrected chi connectivity index (χ1v) is 9.01. The second kappa shape index (κ2) is 7.38. The number of carbonyl (C=O) groups excluding carboxylic acids is 1. The number of nitrogens with zero attached hydrogens (tertiary/aromatic N) is 2. The molecule has 1 aromatic heterocycles. The molecule has 0 saturated carbocycles. The fourth-order valence-corrected chi connectivity index (χ4v) is 4.17. The molecule has 5 heteroatoms. The Bertz CT molecular complexity index is 434. The van der Waals surface area contributed by atoms with Gasteiger partial charge in [-0.25, -0.2) is 0 Å². The number of amides is 1. The van der Waals surface area contributed by atoms with Crippen molar-refractivity contribution in [1.82, 2.24) is 15.1 Å². The number of piperazine rings is 1. The van der Waals surface area contributed by atoms with E-state index in [2.05, 4.69) is 27.7 Å². The van der Waals surface area contributed by atoms with Gasteiger partial charge >= 0.3 is 0 Å². The first-order chi connectivity index (χ1) is 10.4. The maximum Gasteiger partial charge on any atom is 0.245 e. The van der Waals surface area contributed by atoms with Crippen LogP contribution in [-0.2, 0) is 4.79 Å². The standard InChI is InChI=1S/C16H25N3OS/c20-16(19-11-7-17-8-12-19)15(14-6-5-13-21-14)18-9-3-1-2-4-10-18/h5-6,13,15,17H,1-4,7-12H2. The van der Waals surface area contributed by atoms with E-state index in [4.69, 9.17) is 0 Å². The van der Waals surface area contributed by atoms with Crippen LogP contribution in [0, 0.1) is 0 Å². The molecule has 4 nitrogen and oxygen atoms in total. The summed E-state index contributed by atoms with van der Waals surface area (Å²) >= 11 is 1.72. The van der Waals surface area contributed by atoms with E-state index < -0.39 is 0 Å². The van der Waals surface area contributed by atoms with Crippen LogP contribution >= 0.6 is 11.3 Å². The van der Waals surface area contributed by atoms with Crippen LogP contribution in [0.2, 0.25) is 0 Å². The predicted octanol–water partition coefficient (Wildman–Crippen LogP) is 2.10. The number of nitrogens with one attached hydrogen (secondary N) is 1. The van der Waals surface area contributed by atoms with Crippen LogP contribution < -0.4 is 5.32 Å². The van der Waals surface area contributed by atoms with Crippen LogP contribution in [0.25, 0.3) is 0 Å². The Morgan fingerprint density at radius 3 is 2.43 bits per heavy atom. The highest BCUT2D eigenvalue weighted by Gasteiger charge is 2.32. The quantitative estimate of drug-likeness (QED) is 0.929. The van der Waals surface area contributed by atoms with E-state index in [1.807, 2.05) is 4.90 Å². The van der Waals surface area contributed by atoms with E-state index in [0.717, 1.165) is 39.3 Å². The van der Waals surface area contributed by atoms with Crippen LogP contribution in [0.4, 0.5) is 0 Å². The second-order valence-corrected chi connectivity index (χ2v) is 6.92. The smallest absolute Gasteiger partial charge is 0.245 e. The van der Waals surface area contributed by atoms with Crippen molar-refractivity contribution >= 4 is 17.2 Å². The maximum atomic E-state index is 13.1. The van der Waals surface area contributed by atoms with Gasteiger partial charge in [-0.3, -0.25) is 9.69 Å². The van der Waals surface area contributed by atoms with Crippen LogP contribution in [-0.4, -0.2) is 55.0 Å². The zero-order valence-electron chi connectivity index (χ0n) is 12.6. The Labute approximate surface area is 131 Å². The second-order valence-electron chi connectivity index (χ2n) is 5.94. The summed E-state index contributed by atoms with van der Waals surface area (Å²) in [6, 6.07) is 4.14. The van der Waals surface area contributed by atoms with Gasteiger partial charge in [0.05, 0.1) is 0 Å². The average Bonchev–Trinajstić information content (AvgIpc) is 2.91. The lowest BCUT2D eigenvalue weighted by Crippen LogP contribution is -2.50. The normalized spacial score (nSPS) is 22.8. The molecule has 0 aliphatic carbocycles. The van der Waals surface area contributed by atoms with E-state index in [0.29, 0.717) is 5.91 Å². The lowest BCUT2D eigenvalue weighted by atomic mass is 10.1. The van der Waals surface area contributed by atoms with Crippen LogP contribution in [0.1, 0.15) is 36.6 Å². The molecule has 1 aromatic rings. The molecule has 1 N–H and O–H groups in total. The minimum Gasteiger partial charge on any atom is -0.338 e. The van der Waals surface area contributed by atoms with Crippen molar-refractivity contribution in [1.29, 1.82) is 0 Å². The van der Waals surface area contributed by atoms with Gasteiger partial charge in [0.15, 0.2) is 0 Å². The summed E-state index contributed by atoms with van der Waals surface area (Å²) in [4.78, 5) is 18.7. The molecule has 1 amide bonds. The lowest BCUT2D eigenvalue weighted by molar-refractivity contribution is -0.137. The SMILES string of the molecule is O=C(C(c1cccs1)N1CCCCCC1)N1CCNCC1. The summed E-state index contributed by atoms with van der Waals surface area (Å²) in [6.45, 7) is 5.63. The minimum atomic E-state index is -0.0544. The first-order valence-electron chi connectivity index (χ1n) is 8.13. The van der Waals surface area contributed by atoms with Gasteiger partial charge in [0.1, 0.15) is 6.04 Å². The van der Waals surface area contributed by atoms with Crippen LogP contribution in [0.3, 0.4) is 0 Å². The summed E-state index contributed by atoms with van der Waals surface area (Å²) in [5.41, 5.74) is 0. The Morgan fingerprint density at radius 2 is 1.81 bits per heavy atom. The van der Waals surface area contributed by atoms with Crippen LogP contribution in [0.15, 0.2) is 17.5 Å². The summed E-state index contributed by atoms with van der Waals surface area (Å²) in [7, 11) is 0. The molecule has 116 valence electrons. The molecular formula is C16H25N3OS. The summed E-state index contributed by atoms with van der Waals surface area (Å²) < 4.78 is 0. The fraction of sp³-hybridized carbons (Fsp3) is 0.688. The lowest BCUT2D eigenvalue weighted by Gasteiger charge is -2.35. The van der Waals surface area contributed by atoms with Gasteiger partial charge < -0.3 is 10.2 Å². The highest BCUT2D eigenvalue weighted by molar-refractivity contribution is 7.10. The van der Waals surface area contributed by atoms with Crippen molar-refractivity contribution in [2.45, 2.75) is 31.7 Å². The molecule has 3 heterocycles. The maximum absolute atomic E-state index is 13.1.